The number of carbonyl (C=O) groups excluding carboxylic acids is 2. The molecule has 0 saturated heterocycles. The van der Waals surface area contributed by atoms with Gasteiger partial charge in [0.25, 0.3) is 0 Å². The average Bonchev–Trinajstić information content (AvgIpc) is 2.79. The van der Waals surface area contributed by atoms with Gasteiger partial charge in [0.15, 0.2) is 0 Å². The van der Waals surface area contributed by atoms with Gasteiger partial charge in [-0.05, 0) is 41.0 Å². The van der Waals surface area contributed by atoms with E-state index in [0.29, 0.717) is 12.1 Å². The summed E-state index contributed by atoms with van der Waals surface area (Å²) in [6.07, 6.45) is 3.33. The predicted octanol–water partition coefficient (Wildman–Crippen LogP) is 4.26. The van der Waals surface area contributed by atoms with Crippen molar-refractivity contribution in [1.29, 1.82) is 0 Å². The van der Waals surface area contributed by atoms with E-state index < -0.39 is 6.04 Å². The molecule has 31 heavy (non-hydrogen) atoms. The molecule has 0 aliphatic carbocycles. The maximum Gasteiger partial charge on any atom is 0.247 e. The average molecular weight is 420 g/mol. The van der Waals surface area contributed by atoms with Crippen LogP contribution in [0.1, 0.15) is 36.6 Å². The molecule has 0 aliphatic rings. The van der Waals surface area contributed by atoms with Crippen LogP contribution in [0.15, 0.2) is 79.1 Å². The van der Waals surface area contributed by atoms with E-state index in [0.717, 1.165) is 11.1 Å². The first kappa shape index (κ1) is 22.2. The van der Waals surface area contributed by atoms with Crippen molar-refractivity contribution in [2.24, 2.45) is 5.92 Å². The predicted molar refractivity (Wildman–Crippen MR) is 117 cm³/mol. The van der Waals surface area contributed by atoms with Crippen molar-refractivity contribution >= 4 is 11.8 Å². The third kappa shape index (κ3) is 5.98. The molecule has 6 heteroatoms. The van der Waals surface area contributed by atoms with Crippen molar-refractivity contribution in [3.05, 3.63) is 102 Å². The summed E-state index contributed by atoms with van der Waals surface area (Å²) >= 11 is 0. The van der Waals surface area contributed by atoms with E-state index in [1.165, 1.54) is 12.1 Å². The topological polar surface area (TPSA) is 62.3 Å². The third-order valence-corrected chi connectivity index (χ3v) is 4.93. The summed E-state index contributed by atoms with van der Waals surface area (Å²) in [6.45, 7) is 4.12. The number of pyridine rings is 1. The fraction of sp³-hybridized carbons (Fsp3) is 0.240. The fourth-order valence-electron chi connectivity index (χ4n) is 3.31. The largest absolute Gasteiger partial charge is 0.350 e. The molecular weight excluding hydrogens is 393 g/mol. The zero-order valence-corrected chi connectivity index (χ0v) is 17.7. The Kier molecular flexibility index (Phi) is 7.49. The van der Waals surface area contributed by atoms with Crippen LogP contribution in [0.2, 0.25) is 0 Å². The molecule has 0 aliphatic heterocycles. The normalized spacial score (nSPS) is 11.7. The van der Waals surface area contributed by atoms with Crippen LogP contribution in [0, 0.1) is 11.7 Å². The quantitative estimate of drug-likeness (QED) is 0.593. The lowest BCUT2D eigenvalue weighted by molar-refractivity contribution is -0.144. The minimum absolute atomic E-state index is 0.155. The van der Waals surface area contributed by atoms with E-state index in [2.05, 4.69) is 10.3 Å². The van der Waals surface area contributed by atoms with Gasteiger partial charge in [-0.3, -0.25) is 14.6 Å². The Bertz CT molecular complexity index is 992. The first-order chi connectivity index (χ1) is 15.0. The summed E-state index contributed by atoms with van der Waals surface area (Å²) in [4.78, 5) is 32.1. The second kappa shape index (κ2) is 10.5. The maximum atomic E-state index is 13.4. The standard InChI is InChI=1S/C25H26FN3O2/c1-18(2)25(31)29(17-20-8-10-22(26)11-9-20)23(21-6-4-3-5-7-21)24(30)28-16-19-12-14-27-15-13-19/h3-15,18,23H,16-17H2,1-2H3,(H,28,30). The number of hydrogen-bond acceptors (Lipinski definition) is 3. The smallest absolute Gasteiger partial charge is 0.247 e. The highest BCUT2D eigenvalue weighted by atomic mass is 19.1. The Hall–Kier alpha value is -3.54. The number of benzene rings is 2. The molecular formula is C25H26FN3O2. The molecule has 1 N–H and O–H groups in total. The Morgan fingerprint density at radius 2 is 1.58 bits per heavy atom. The second-order valence-corrected chi connectivity index (χ2v) is 7.63. The summed E-state index contributed by atoms with van der Waals surface area (Å²) in [5.41, 5.74) is 2.37. The van der Waals surface area contributed by atoms with Crippen LogP contribution in [0.5, 0.6) is 0 Å². The van der Waals surface area contributed by atoms with Crippen molar-refractivity contribution < 1.29 is 14.0 Å². The minimum Gasteiger partial charge on any atom is -0.350 e. The van der Waals surface area contributed by atoms with Gasteiger partial charge < -0.3 is 10.2 Å². The number of carbonyl (C=O) groups is 2. The molecule has 2 amide bonds. The number of hydrogen-bond donors (Lipinski definition) is 1. The van der Waals surface area contributed by atoms with Gasteiger partial charge in [-0.15, -0.1) is 0 Å². The van der Waals surface area contributed by atoms with E-state index >= 15 is 0 Å². The van der Waals surface area contributed by atoms with E-state index in [1.54, 1.807) is 43.3 Å². The first-order valence-corrected chi connectivity index (χ1v) is 10.2. The summed E-state index contributed by atoms with van der Waals surface area (Å²) in [5.74, 6) is -1.09. The molecule has 3 aromatic rings. The molecule has 5 nitrogen and oxygen atoms in total. The minimum atomic E-state index is -0.817. The van der Waals surface area contributed by atoms with Crippen LogP contribution < -0.4 is 5.32 Å². The molecule has 0 spiro atoms. The van der Waals surface area contributed by atoms with Crippen LogP contribution in [0.25, 0.3) is 0 Å². The molecule has 1 heterocycles. The summed E-state index contributed by atoms with van der Waals surface area (Å²) < 4.78 is 13.4. The molecule has 2 aromatic carbocycles. The highest BCUT2D eigenvalue weighted by molar-refractivity contribution is 5.89. The van der Waals surface area contributed by atoms with Crippen LogP contribution in [-0.4, -0.2) is 21.7 Å². The van der Waals surface area contributed by atoms with Crippen LogP contribution in [0.3, 0.4) is 0 Å². The van der Waals surface area contributed by atoms with E-state index in [1.807, 2.05) is 42.5 Å². The lowest BCUT2D eigenvalue weighted by Gasteiger charge is -2.33. The van der Waals surface area contributed by atoms with E-state index in [4.69, 9.17) is 0 Å². The Labute approximate surface area is 181 Å². The van der Waals surface area contributed by atoms with Gasteiger partial charge in [-0.1, -0.05) is 56.3 Å². The van der Waals surface area contributed by atoms with Crippen molar-refractivity contribution in [2.45, 2.75) is 33.0 Å². The number of halogens is 1. The highest BCUT2D eigenvalue weighted by Crippen LogP contribution is 2.26. The van der Waals surface area contributed by atoms with Crippen molar-refractivity contribution in [3.8, 4) is 0 Å². The van der Waals surface area contributed by atoms with Crippen molar-refractivity contribution in [1.82, 2.24) is 15.2 Å². The Morgan fingerprint density at radius 3 is 2.19 bits per heavy atom. The summed E-state index contributed by atoms with van der Waals surface area (Å²) in [6, 6.07) is 18.0. The van der Waals surface area contributed by atoms with Gasteiger partial charge in [0.2, 0.25) is 11.8 Å². The molecule has 0 radical (unpaired) electrons. The molecule has 1 unspecified atom stereocenters. The number of amides is 2. The fourth-order valence-corrected chi connectivity index (χ4v) is 3.31. The zero-order valence-electron chi connectivity index (χ0n) is 17.7. The van der Waals surface area contributed by atoms with Gasteiger partial charge >= 0.3 is 0 Å². The van der Waals surface area contributed by atoms with Gasteiger partial charge in [-0.2, -0.15) is 0 Å². The Balaban J connectivity index is 1.93. The highest BCUT2D eigenvalue weighted by Gasteiger charge is 2.32. The number of nitrogens with one attached hydrogen (secondary N) is 1. The lowest BCUT2D eigenvalue weighted by atomic mass is 10.0. The molecule has 0 fully saturated rings. The maximum absolute atomic E-state index is 13.4. The summed E-state index contributed by atoms with van der Waals surface area (Å²) in [5, 5.41) is 2.95. The van der Waals surface area contributed by atoms with Crippen molar-refractivity contribution in [3.63, 3.8) is 0 Å². The van der Waals surface area contributed by atoms with E-state index in [-0.39, 0.29) is 30.1 Å². The van der Waals surface area contributed by atoms with Gasteiger partial charge in [-0.25, -0.2) is 4.39 Å². The summed E-state index contributed by atoms with van der Waals surface area (Å²) in [7, 11) is 0. The monoisotopic (exact) mass is 419 g/mol. The van der Waals surface area contributed by atoms with Crippen LogP contribution >= 0.6 is 0 Å². The number of nitrogens with zero attached hydrogens (tertiary/aromatic N) is 2. The second-order valence-electron chi connectivity index (χ2n) is 7.63. The van der Waals surface area contributed by atoms with Crippen LogP contribution in [-0.2, 0) is 22.7 Å². The van der Waals surface area contributed by atoms with Crippen LogP contribution in [0.4, 0.5) is 4.39 Å². The number of aromatic nitrogens is 1. The van der Waals surface area contributed by atoms with Crippen molar-refractivity contribution in [2.75, 3.05) is 0 Å². The molecule has 160 valence electrons. The SMILES string of the molecule is CC(C)C(=O)N(Cc1ccc(F)cc1)C(C(=O)NCc1ccncc1)c1ccccc1. The third-order valence-electron chi connectivity index (χ3n) is 4.93. The molecule has 1 atom stereocenters. The van der Waals surface area contributed by atoms with Gasteiger partial charge in [0, 0.05) is 31.4 Å². The lowest BCUT2D eigenvalue weighted by Crippen LogP contribution is -2.44. The van der Waals surface area contributed by atoms with Gasteiger partial charge in [0.05, 0.1) is 0 Å². The first-order valence-electron chi connectivity index (χ1n) is 10.2. The molecule has 1 aromatic heterocycles. The van der Waals surface area contributed by atoms with E-state index in [9.17, 15) is 14.0 Å². The number of rotatable bonds is 8. The van der Waals surface area contributed by atoms with Gasteiger partial charge in [0.1, 0.15) is 11.9 Å². The molecule has 3 rings (SSSR count). The molecule has 0 bridgehead atoms. The zero-order chi connectivity index (χ0) is 22.2. The Morgan fingerprint density at radius 1 is 0.935 bits per heavy atom. The molecule has 0 saturated carbocycles.